The predicted octanol–water partition coefficient (Wildman–Crippen LogP) is 5.93. The van der Waals surface area contributed by atoms with E-state index in [1.807, 2.05) is 0 Å². The van der Waals surface area contributed by atoms with E-state index in [1.165, 1.54) is 35.2 Å². The summed E-state index contributed by atoms with van der Waals surface area (Å²) in [6.45, 7) is 1.06. The van der Waals surface area contributed by atoms with Crippen LogP contribution in [0, 0.1) is 5.82 Å². The van der Waals surface area contributed by atoms with Crippen molar-refractivity contribution in [3.63, 3.8) is 0 Å². The van der Waals surface area contributed by atoms with Gasteiger partial charge in [0.05, 0.1) is 10.6 Å². The van der Waals surface area contributed by atoms with Gasteiger partial charge in [-0.05, 0) is 55.2 Å². The van der Waals surface area contributed by atoms with E-state index < -0.39 is 34.3 Å². The topological polar surface area (TPSA) is 86.8 Å². The Hall–Kier alpha value is -3.43. The number of benzene rings is 3. The Kier molecular flexibility index (Phi) is 10.4. The summed E-state index contributed by atoms with van der Waals surface area (Å²) in [4.78, 5) is 28.9. The molecule has 3 aromatic rings. The second-order valence-corrected chi connectivity index (χ2v) is 12.4. The zero-order valence-corrected chi connectivity index (χ0v) is 24.6. The molecule has 41 heavy (non-hydrogen) atoms. The summed E-state index contributed by atoms with van der Waals surface area (Å²) in [6, 6.07) is 19.1. The zero-order chi connectivity index (χ0) is 29.4. The summed E-state index contributed by atoms with van der Waals surface area (Å²) >= 11 is 6.44. The van der Waals surface area contributed by atoms with Crippen LogP contribution >= 0.6 is 11.6 Å². The van der Waals surface area contributed by atoms with Gasteiger partial charge in [-0.1, -0.05) is 86.3 Å². The lowest BCUT2D eigenvalue weighted by molar-refractivity contribution is -0.140. The van der Waals surface area contributed by atoms with E-state index in [-0.39, 0.29) is 29.1 Å². The first-order chi connectivity index (χ1) is 19.7. The Morgan fingerprint density at radius 1 is 0.951 bits per heavy atom. The summed E-state index contributed by atoms with van der Waals surface area (Å²) in [6.07, 6.45) is 5.22. The summed E-state index contributed by atoms with van der Waals surface area (Å²) < 4.78 is 43.4. The molecule has 2 amide bonds. The Balaban J connectivity index is 1.71. The monoisotopic (exact) mass is 599 g/mol. The molecule has 1 aliphatic rings. The van der Waals surface area contributed by atoms with Gasteiger partial charge >= 0.3 is 0 Å². The van der Waals surface area contributed by atoms with Gasteiger partial charge in [0.15, 0.2) is 0 Å². The zero-order valence-electron chi connectivity index (χ0n) is 23.0. The number of para-hydroxylation sites is 1. The first-order valence-electron chi connectivity index (χ1n) is 13.9. The quantitative estimate of drug-likeness (QED) is 0.296. The molecule has 1 fully saturated rings. The minimum Gasteiger partial charge on any atom is -0.352 e. The Morgan fingerprint density at radius 2 is 1.59 bits per heavy atom. The van der Waals surface area contributed by atoms with E-state index >= 15 is 4.39 Å². The van der Waals surface area contributed by atoms with Gasteiger partial charge in [-0.2, -0.15) is 0 Å². The van der Waals surface area contributed by atoms with Crippen molar-refractivity contribution in [1.82, 2.24) is 10.2 Å². The third kappa shape index (κ3) is 7.45. The lowest BCUT2D eigenvalue weighted by Gasteiger charge is -2.34. The molecule has 0 saturated heterocycles. The maximum atomic E-state index is 15.0. The molecule has 1 saturated carbocycles. The second-order valence-electron chi connectivity index (χ2n) is 10.2. The highest BCUT2D eigenvalue weighted by Gasteiger charge is 2.35. The third-order valence-electron chi connectivity index (χ3n) is 7.37. The van der Waals surface area contributed by atoms with Crippen molar-refractivity contribution in [2.45, 2.75) is 69.0 Å². The van der Waals surface area contributed by atoms with Crippen LogP contribution in [0.2, 0.25) is 5.02 Å². The average molecular weight is 600 g/mol. The summed E-state index contributed by atoms with van der Waals surface area (Å²) in [5.41, 5.74) is 0.344. The highest BCUT2D eigenvalue weighted by molar-refractivity contribution is 7.92. The van der Waals surface area contributed by atoms with Crippen LogP contribution in [0.1, 0.15) is 51.0 Å². The normalized spacial score (nSPS) is 14.7. The molecular weight excluding hydrogens is 565 g/mol. The van der Waals surface area contributed by atoms with Gasteiger partial charge in [-0.15, -0.1) is 0 Å². The van der Waals surface area contributed by atoms with Gasteiger partial charge < -0.3 is 10.2 Å². The molecule has 4 rings (SSSR count). The number of hydrogen-bond acceptors (Lipinski definition) is 4. The van der Waals surface area contributed by atoms with Gasteiger partial charge in [-0.25, -0.2) is 12.8 Å². The number of halogens is 2. The number of anilines is 1. The Morgan fingerprint density at radius 3 is 2.24 bits per heavy atom. The molecule has 218 valence electrons. The molecule has 7 nitrogen and oxygen atoms in total. The van der Waals surface area contributed by atoms with E-state index in [2.05, 4.69) is 5.32 Å². The number of sulfonamides is 1. The van der Waals surface area contributed by atoms with Gasteiger partial charge in [0.25, 0.3) is 10.0 Å². The number of carbonyl (C=O) groups is 2. The molecule has 0 heterocycles. The van der Waals surface area contributed by atoms with Crippen molar-refractivity contribution in [2.24, 2.45) is 0 Å². The molecule has 0 aromatic heterocycles. The summed E-state index contributed by atoms with van der Waals surface area (Å²) in [7, 11) is -4.34. The minimum absolute atomic E-state index is 0.0222. The van der Waals surface area contributed by atoms with Crippen LogP contribution in [-0.4, -0.2) is 43.8 Å². The molecule has 1 atom stereocenters. The third-order valence-corrected chi connectivity index (χ3v) is 9.51. The molecule has 0 radical (unpaired) electrons. The Labute approximate surface area is 246 Å². The number of carbonyl (C=O) groups excluding carboxylic acids is 2. The van der Waals surface area contributed by atoms with Crippen molar-refractivity contribution >= 4 is 39.1 Å². The number of amides is 2. The molecule has 1 N–H and O–H groups in total. The molecule has 10 heteroatoms. The van der Waals surface area contributed by atoms with E-state index in [1.54, 1.807) is 49.4 Å². The van der Waals surface area contributed by atoms with Crippen molar-refractivity contribution < 1.29 is 22.4 Å². The van der Waals surface area contributed by atoms with E-state index in [0.717, 1.165) is 42.5 Å². The van der Waals surface area contributed by atoms with Crippen molar-refractivity contribution in [3.8, 4) is 0 Å². The van der Waals surface area contributed by atoms with Crippen molar-refractivity contribution in [2.75, 3.05) is 10.8 Å². The first kappa shape index (κ1) is 30.5. The first-order valence-corrected chi connectivity index (χ1v) is 15.7. The SMILES string of the molecule is CC[C@@H](C(=O)NC1CCCCC1)N(Cc1ccccc1Cl)C(=O)CN(c1ccccc1F)S(=O)(=O)c1ccccc1. The number of rotatable bonds is 11. The minimum atomic E-state index is -4.34. The van der Waals surface area contributed by atoms with E-state index in [0.29, 0.717) is 17.0 Å². The lowest BCUT2D eigenvalue weighted by atomic mass is 9.95. The maximum absolute atomic E-state index is 15.0. The van der Waals surface area contributed by atoms with Crippen LogP contribution in [0.25, 0.3) is 0 Å². The smallest absolute Gasteiger partial charge is 0.264 e. The average Bonchev–Trinajstić information content (AvgIpc) is 2.98. The predicted molar refractivity (Wildman–Crippen MR) is 158 cm³/mol. The highest BCUT2D eigenvalue weighted by atomic mass is 35.5. The summed E-state index contributed by atoms with van der Waals surface area (Å²) in [5, 5.41) is 3.51. The van der Waals surface area contributed by atoms with Crippen molar-refractivity contribution in [3.05, 3.63) is 95.3 Å². The highest BCUT2D eigenvalue weighted by Crippen LogP contribution is 2.28. The molecule has 3 aromatic carbocycles. The van der Waals surface area contributed by atoms with Gasteiger partial charge in [0.2, 0.25) is 11.8 Å². The largest absolute Gasteiger partial charge is 0.352 e. The molecule has 0 unspecified atom stereocenters. The number of nitrogens with zero attached hydrogens (tertiary/aromatic N) is 2. The fourth-order valence-electron chi connectivity index (χ4n) is 5.16. The summed E-state index contributed by atoms with van der Waals surface area (Å²) in [5.74, 6) is -1.75. The standard InChI is InChI=1S/C31H35ClFN3O4S/c1-2-28(31(38)34-24-14-5-3-6-15-24)35(21-23-13-9-10-18-26(23)32)30(37)22-36(29-20-12-11-19-27(29)33)41(39,40)25-16-7-4-8-17-25/h4,7-13,16-20,24,28H,2-3,5-6,14-15,21-22H2,1H3,(H,34,38)/t28-/m0/s1. The van der Waals surface area contributed by atoms with E-state index in [4.69, 9.17) is 11.6 Å². The Bertz CT molecular complexity index is 1450. The second kappa shape index (κ2) is 14.0. The van der Waals surface area contributed by atoms with Crippen LogP contribution < -0.4 is 9.62 Å². The molecule has 0 spiro atoms. The van der Waals surface area contributed by atoms with Crippen LogP contribution in [0.15, 0.2) is 83.8 Å². The number of hydrogen-bond donors (Lipinski definition) is 1. The van der Waals surface area contributed by atoms with E-state index in [9.17, 15) is 18.0 Å². The van der Waals surface area contributed by atoms with Crippen molar-refractivity contribution in [1.29, 1.82) is 0 Å². The number of nitrogens with one attached hydrogen (secondary N) is 1. The fourth-order valence-corrected chi connectivity index (χ4v) is 6.80. The molecule has 0 bridgehead atoms. The van der Waals surface area contributed by atoms with Crippen LogP contribution in [0.4, 0.5) is 10.1 Å². The van der Waals surface area contributed by atoms with Crippen LogP contribution in [0.5, 0.6) is 0 Å². The van der Waals surface area contributed by atoms with Crippen LogP contribution in [0.3, 0.4) is 0 Å². The molecular formula is C31H35ClFN3O4S. The van der Waals surface area contributed by atoms with Gasteiger partial charge in [0, 0.05) is 17.6 Å². The van der Waals surface area contributed by atoms with Gasteiger partial charge in [0.1, 0.15) is 18.4 Å². The maximum Gasteiger partial charge on any atom is 0.264 e. The molecule has 0 aliphatic heterocycles. The van der Waals surface area contributed by atoms with Crippen LogP contribution in [-0.2, 0) is 26.2 Å². The molecule has 1 aliphatic carbocycles. The lowest BCUT2D eigenvalue weighted by Crippen LogP contribution is -2.54. The fraction of sp³-hybridized carbons (Fsp3) is 0.355. The van der Waals surface area contributed by atoms with Gasteiger partial charge in [-0.3, -0.25) is 13.9 Å².